The first-order chi connectivity index (χ1) is 8.81. The predicted molar refractivity (Wildman–Crippen MR) is 70.6 cm³/mol. The molecule has 0 radical (unpaired) electrons. The molecule has 0 saturated heterocycles. The molecule has 0 aliphatic heterocycles. The van der Waals surface area contributed by atoms with E-state index in [1.807, 2.05) is 16.8 Å². The van der Waals surface area contributed by atoms with Crippen LogP contribution < -0.4 is 5.32 Å². The number of hydrogen-bond donors (Lipinski definition) is 1. The molecule has 94 valence electrons. The molecule has 0 unspecified atom stereocenters. The van der Waals surface area contributed by atoms with Crippen LogP contribution in [0, 0.1) is 18.8 Å². The van der Waals surface area contributed by atoms with Crippen LogP contribution in [-0.4, -0.2) is 20.6 Å². The van der Waals surface area contributed by atoms with Crippen molar-refractivity contribution < 1.29 is 0 Å². The molecule has 0 spiro atoms. The quantitative estimate of drug-likeness (QED) is 0.896. The smallest absolute Gasteiger partial charge is 0.243 e. The largest absolute Gasteiger partial charge is 0.350 e. The maximum Gasteiger partial charge on any atom is 0.243 e. The van der Waals surface area contributed by atoms with E-state index in [-0.39, 0.29) is 0 Å². The molecule has 0 bridgehead atoms. The van der Waals surface area contributed by atoms with Gasteiger partial charge < -0.3 is 5.32 Å². The lowest BCUT2D eigenvalue weighted by Crippen LogP contribution is -2.24. The van der Waals surface area contributed by atoms with E-state index in [1.54, 1.807) is 0 Å². The topological polar surface area (TPSA) is 42.2 Å². The lowest BCUT2D eigenvalue weighted by molar-refractivity contribution is 0.563. The van der Waals surface area contributed by atoms with Gasteiger partial charge >= 0.3 is 0 Å². The maximum atomic E-state index is 4.61. The minimum absolute atomic E-state index is 0.614. The Labute approximate surface area is 106 Å². The summed E-state index contributed by atoms with van der Waals surface area (Å²) < 4.78 is 1.87. The zero-order valence-electron chi connectivity index (χ0n) is 10.6. The summed E-state index contributed by atoms with van der Waals surface area (Å²) in [6.07, 6.45) is 7.46. The molecule has 18 heavy (non-hydrogen) atoms. The fraction of sp³-hybridized carbons (Fsp3) is 0.571. The van der Waals surface area contributed by atoms with Gasteiger partial charge in [0, 0.05) is 12.2 Å². The molecular formula is C14H18N4. The fourth-order valence-electron chi connectivity index (χ4n) is 2.78. The van der Waals surface area contributed by atoms with Crippen LogP contribution >= 0.6 is 0 Å². The van der Waals surface area contributed by atoms with Crippen molar-refractivity contribution in [2.24, 2.45) is 11.8 Å². The number of fused-ring (bicyclic) bond motifs is 1. The second-order valence-electron chi connectivity index (χ2n) is 5.74. The van der Waals surface area contributed by atoms with Gasteiger partial charge in [-0.25, -0.2) is 4.52 Å². The van der Waals surface area contributed by atoms with Gasteiger partial charge in [-0.3, -0.25) is 0 Å². The summed E-state index contributed by atoms with van der Waals surface area (Å²) in [7, 11) is 0. The molecule has 0 amide bonds. The molecule has 2 fully saturated rings. The van der Waals surface area contributed by atoms with E-state index in [0.717, 1.165) is 23.4 Å². The molecule has 2 heterocycles. The number of hydrogen-bond acceptors (Lipinski definition) is 3. The maximum absolute atomic E-state index is 4.61. The lowest BCUT2D eigenvalue weighted by atomic mass is 10.1. The molecule has 0 aromatic carbocycles. The third kappa shape index (κ3) is 1.76. The first kappa shape index (κ1) is 10.4. The Kier molecular flexibility index (Phi) is 2.13. The van der Waals surface area contributed by atoms with Gasteiger partial charge in [0.2, 0.25) is 5.95 Å². The van der Waals surface area contributed by atoms with Crippen LogP contribution in [0.15, 0.2) is 18.3 Å². The van der Waals surface area contributed by atoms with Gasteiger partial charge in [0.1, 0.15) is 0 Å². The van der Waals surface area contributed by atoms with Crippen molar-refractivity contribution in [2.75, 3.05) is 5.32 Å². The Balaban J connectivity index is 1.63. The molecule has 2 saturated carbocycles. The van der Waals surface area contributed by atoms with Gasteiger partial charge in [0.05, 0.1) is 0 Å². The monoisotopic (exact) mass is 242 g/mol. The Morgan fingerprint density at radius 2 is 2.00 bits per heavy atom. The summed E-state index contributed by atoms with van der Waals surface area (Å²) in [5, 5.41) is 8.10. The van der Waals surface area contributed by atoms with Crippen molar-refractivity contribution in [2.45, 2.75) is 38.6 Å². The predicted octanol–water partition coefficient (Wildman–Crippen LogP) is 2.64. The Morgan fingerprint density at radius 1 is 1.28 bits per heavy atom. The number of aryl methyl sites for hydroxylation is 1. The van der Waals surface area contributed by atoms with Gasteiger partial charge in [-0.1, -0.05) is 6.07 Å². The SMILES string of the molecule is Cc1cccn2nc(NC(C3CC3)C3CC3)nc12. The highest BCUT2D eigenvalue weighted by Crippen LogP contribution is 2.45. The van der Waals surface area contributed by atoms with Crippen molar-refractivity contribution in [1.29, 1.82) is 0 Å². The summed E-state index contributed by atoms with van der Waals surface area (Å²) in [5.41, 5.74) is 2.14. The highest BCUT2D eigenvalue weighted by molar-refractivity contribution is 5.50. The van der Waals surface area contributed by atoms with Crippen LogP contribution in [0.25, 0.3) is 5.65 Å². The highest BCUT2D eigenvalue weighted by Gasteiger charge is 2.41. The second kappa shape index (κ2) is 3.70. The van der Waals surface area contributed by atoms with Crippen molar-refractivity contribution in [3.8, 4) is 0 Å². The molecule has 4 nitrogen and oxygen atoms in total. The molecule has 2 aliphatic rings. The van der Waals surface area contributed by atoms with Crippen LogP contribution in [0.1, 0.15) is 31.2 Å². The van der Waals surface area contributed by atoms with E-state index in [4.69, 9.17) is 0 Å². The minimum atomic E-state index is 0.614. The summed E-state index contributed by atoms with van der Waals surface area (Å²) in [4.78, 5) is 4.61. The summed E-state index contributed by atoms with van der Waals surface area (Å²) in [6.45, 7) is 2.08. The first-order valence-corrected chi connectivity index (χ1v) is 6.90. The number of nitrogens with zero attached hydrogens (tertiary/aromatic N) is 3. The van der Waals surface area contributed by atoms with Crippen LogP contribution in [0.3, 0.4) is 0 Å². The van der Waals surface area contributed by atoms with Crippen molar-refractivity contribution in [3.63, 3.8) is 0 Å². The summed E-state index contributed by atoms with van der Waals surface area (Å²) >= 11 is 0. The van der Waals surface area contributed by atoms with E-state index in [9.17, 15) is 0 Å². The van der Waals surface area contributed by atoms with Crippen molar-refractivity contribution >= 4 is 11.6 Å². The Morgan fingerprint density at radius 3 is 2.61 bits per heavy atom. The van der Waals surface area contributed by atoms with Crippen LogP contribution in [0.2, 0.25) is 0 Å². The van der Waals surface area contributed by atoms with Gasteiger partial charge in [-0.2, -0.15) is 4.98 Å². The molecule has 1 N–H and O–H groups in total. The van der Waals surface area contributed by atoms with E-state index < -0.39 is 0 Å². The zero-order valence-corrected chi connectivity index (χ0v) is 10.6. The number of anilines is 1. The number of rotatable bonds is 4. The van der Waals surface area contributed by atoms with Gasteiger partial charge in [0.25, 0.3) is 0 Å². The number of nitrogens with one attached hydrogen (secondary N) is 1. The summed E-state index contributed by atoms with van der Waals surface area (Å²) in [6, 6.07) is 4.70. The summed E-state index contributed by atoms with van der Waals surface area (Å²) in [5.74, 6) is 2.53. The molecule has 2 aliphatic carbocycles. The minimum Gasteiger partial charge on any atom is -0.350 e. The molecule has 2 aromatic heterocycles. The van der Waals surface area contributed by atoms with E-state index in [2.05, 4.69) is 28.4 Å². The standard InChI is InChI=1S/C14H18N4/c1-9-3-2-8-18-13(9)16-14(17-18)15-12(10-4-5-10)11-6-7-11/h2-3,8,10-12H,4-7H2,1H3,(H,15,17). The first-order valence-electron chi connectivity index (χ1n) is 6.90. The van der Waals surface area contributed by atoms with Crippen LogP contribution in [0.4, 0.5) is 5.95 Å². The average molecular weight is 242 g/mol. The van der Waals surface area contributed by atoms with Crippen LogP contribution in [0.5, 0.6) is 0 Å². The van der Waals surface area contributed by atoms with E-state index in [1.165, 1.54) is 31.2 Å². The van der Waals surface area contributed by atoms with E-state index >= 15 is 0 Å². The van der Waals surface area contributed by atoms with Gasteiger partial charge in [0.15, 0.2) is 5.65 Å². The van der Waals surface area contributed by atoms with Gasteiger partial charge in [-0.15, -0.1) is 5.10 Å². The molecule has 4 heteroatoms. The highest BCUT2D eigenvalue weighted by atomic mass is 15.3. The average Bonchev–Trinajstić information content (AvgIpc) is 3.25. The van der Waals surface area contributed by atoms with Crippen LogP contribution in [-0.2, 0) is 0 Å². The number of pyridine rings is 1. The van der Waals surface area contributed by atoms with Gasteiger partial charge in [-0.05, 0) is 56.1 Å². The normalized spacial score (nSPS) is 19.7. The van der Waals surface area contributed by atoms with E-state index in [0.29, 0.717) is 6.04 Å². The molecule has 2 aromatic rings. The van der Waals surface area contributed by atoms with Crippen molar-refractivity contribution in [1.82, 2.24) is 14.6 Å². The third-order valence-corrected chi connectivity index (χ3v) is 4.11. The fourth-order valence-corrected chi connectivity index (χ4v) is 2.78. The third-order valence-electron chi connectivity index (χ3n) is 4.11. The Hall–Kier alpha value is -1.58. The van der Waals surface area contributed by atoms with Crippen molar-refractivity contribution in [3.05, 3.63) is 23.9 Å². The zero-order chi connectivity index (χ0) is 12.1. The molecule has 0 atom stereocenters. The second-order valence-corrected chi connectivity index (χ2v) is 5.74. The number of aromatic nitrogens is 3. The molecular weight excluding hydrogens is 224 g/mol. The lowest BCUT2D eigenvalue weighted by Gasteiger charge is -2.15. The molecule has 4 rings (SSSR count). The Bertz CT molecular complexity index is 568.